The van der Waals surface area contributed by atoms with E-state index in [0.29, 0.717) is 18.0 Å². The Hall–Kier alpha value is -1.84. The lowest BCUT2D eigenvalue weighted by Gasteiger charge is -2.26. The number of nitrogens with zero attached hydrogens (tertiary/aromatic N) is 1. The molecular formula is C15H19NO3. The first-order valence-corrected chi connectivity index (χ1v) is 6.67. The van der Waals surface area contributed by atoms with Crippen LogP contribution < -0.4 is 4.90 Å². The van der Waals surface area contributed by atoms with Gasteiger partial charge in [-0.3, -0.25) is 9.59 Å². The van der Waals surface area contributed by atoms with Gasteiger partial charge in [-0.25, -0.2) is 0 Å². The molecule has 1 fully saturated rings. The molecule has 0 saturated carbocycles. The van der Waals surface area contributed by atoms with Crippen molar-refractivity contribution in [1.82, 2.24) is 0 Å². The van der Waals surface area contributed by atoms with Crippen LogP contribution in [0.15, 0.2) is 24.3 Å². The van der Waals surface area contributed by atoms with Crippen LogP contribution in [0.1, 0.15) is 43.0 Å². The number of Topliss-reactive ketones (excluding diaryl/α,β-unsaturated/α-hetero) is 1. The number of carbonyl (C=O) groups is 2. The molecule has 0 aromatic heterocycles. The Morgan fingerprint density at radius 2 is 2.00 bits per heavy atom. The van der Waals surface area contributed by atoms with E-state index in [0.717, 1.165) is 25.1 Å². The average Bonchev–Trinajstić information content (AvgIpc) is 2.84. The second-order valence-electron chi connectivity index (χ2n) is 5.02. The molecule has 2 rings (SSSR count). The molecule has 0 aliphatic carbocycles. The van der Waals surface area contributed by atoms with Gasteiger partial charge in [-0.05, 0) is 50.5 Å². The average molecular weight is 261 g/mol. The van der Waals surface area contributed by atoms with Crippen molar-refractivity contribution in [1.29, 1.82) is 0 Å². The fourth-order valence-electron chi connectivity index (χ4n) is 2.65. The van der Waals surface area contributed by atoms with Crippen LogP contribution in [0.5, 0.6) is 0 Å². The van der Waals surface area contributed by atoms with Gasteiger partial charge >= 0.3 is 5.97 Å². The molecule has 1 unspecified atom stereocenters. The summed E-state index contributed by atoms with van der Waals surface area (Å²) in [5, 5.41) is 8.77. The van der Waals surface area contributed by atoms with Crippen molar-refractivity contribution >= 4 is 17.4 Å². The molecule has 19 heavy (non-hydrogen) atoms. The molecule has 0 amide bonds. The lowest BCUT2D eigenvalue weighted by molar-refractivity contribution is -0.137. The third-order valence-electron chi connectivity index (χ3n) is 3.67. The number of carbonyl (C=O) groups excluding carboxylic acids is 1. The zero-order valence-electron chi connectivity index (χ0n) is 11.1. The predicted molar refractivity (Wildman–Crippen MR) is 73.7 cm³/mol. The zero-order valence-corrected chi connectivity index (χ0v) is 11.1. The van der Waals surface area contributed by atoms with Crippen molar-refractivity contribution in [2.45, 2.75) is 38.6 Å². The summed E-state index contributed by atoms with van der Waals surface area (Å²) in [6.45, 7) is 2.52. The first kappa shape index (κ1) is 13.6. The lowest BCUT2D eigenvalue weighted by Crippen LogP contribution is -2.29. The number of aliphatic carboxylic acids is 1. The number of anilines is 1. The van der Waals surface area contributed by atoms with Gasteiger partial charge < -0.3 is 10.0 Å². The fraction of sp³-hybridized carbons (Fsp3) is 0.467. The Morgan fingerprint density at radius 1 is 1.32 bits per heavy atom. The van der Waals surface area contributed by atoms with Gasteiger partial charge in [0.2, 0.25) is 0 Å². The van der Waals surface area contributed by atoms with Crippen LogP contribution in [-0.2, 0) is 4.79 Å². The van der Waals surface area contributed by atoms with Gasteiger partial charge in [0, 0.05) is 30.3 Å². The van der Waals surface area contributed by atoms with Gasteiger partial charge in [-0.2, -0.15) is 0 Å². The Bertz CT molecular complexity index is 467. The standard InChI is InChI=1S/C15H19NO3/c1-11(17)12-4-6-14(7-5-12)16-10-2-3-13(16)8-9-15(18)19/h4-7,13H,2-3,8-10H2,1H3,(H,18,19). The van der Waals surface area contributed by atoms with Gasteiger partial charge in [-0.1, -0.05) is 0 Å². The molecule has 0 spiro atoms. The van der Waals surface area contributed by atoms with E-state index >= 15 is 0 Å². The summed E-state index contributed by atoms with van der Waals surface area (Å²) in [5.41, 5.74) is 1.79. The Balaban J connectivity index is 2.06. The number of rotatable bonds is 5. The summed E-state index contributed by atoms with van der Waals surface area (Å²) in [6, 6.07) is 7.89. The van der Waals surface area contributed by atoms with E-state index < -0.39 is 5.97 Å². The van der Waals surface area contributed by atoms with Crippen LogP contribution in [0.25, 0.3) is 0 Å². The number of hydrogen-bond donors (Lipinski definition) is 1. The second kappa shape index (κ2) is 5.87. The maximum atomic E-state index is 11.2. The fourth-order valence-corrected chi connectivity index (χ4v) is 2.65. The van der Waals surface area contributed by atoms with E-state index in [9.17, 15) is 9.59 Å². The van der Waals surface area contributed by atoms with E-state index in [1.807, 2.05) is 24.3 Å². The van der Waals surface area contributed by atoms with Gasteiger partial charge in [0.05, 0.1) is 0 Å². The highest BCUT2D eigenvalue weighted by Crippen LogP contribution is 2.28. The van der Waals surface area contributed by atoms with Crippen molar-refractivity contribution in [3.8, 4) is 0 Å². The largest absolute Gasteiger partial charge is 0.481 e. The lowest BCUT2D eigenvalue weighted by atomic mass is 10.1. The predicted octanol–water partition coefficient (Wildman–Crippen LogP) is 2.72. The third kappa shape index (κ3) is 3.34. The molecule has 1 saturated heterocycles. The molecule has 1 heterocycles. The maximum absolute atomic E-state index is 11.2. The molecule has 102 valence electrons. The van der Waals surface area contributed by atoms with Gasteiger partial charge in [0.15, 0.2) is 5.78 Å². The number of carboxylic acids is 1. The summed E-state index contributed by atoms with van der Waals surface area (Å²) >= 11 is 0. The minimum Gasteiger partial charge on any atom is -0.481 e. The van der Waals surface area contributed by atoms with Crippen LogP contribution in [0, 0.1) is 0 Å². The van der Waals surface area contributed by atoms with Crippen LogP contribution >= 0.6 is 0 Å². The molecule has 1 atom stereocenters. The normalized spacial score (nSPS) is 18.6. The topological polar surface area (TPSA) is 57.6 Å². The molecule has 4 nitrogen and oxygen atoms in total. The molecule has 1 aliphatic rings. The Morgan fingerprint density at radius 3 is 2.58 bits per heavy atom. The van der Waals surface area contributed by atoms with E-state index in [1.54, 1.807) is 6.92 Å². The minimum absolute atomic E-state index is 0.0652. The number of hydrogen-bond acceptors (Lipinski definition) is 3. The monoisotopic (exact) mass is 261 g/mol. The number of benzene rings is 1. The zero-order chi connectivity index (χ0) is 13.8. The van der Waals surface area contributed by atoms with E-state index in [4.69, 9.17) is 5.11 Å². The molecule has 0 radical (unpaired) electrons. The van der Waals surface area contributed by atoms with Crippen LogP contribution in [0.4, 0.5) is 5.69 Å². The quantitative estimate of drug-likeness (QED) is 0.828. The summed E-state index contributed by atoms with van der Waals surface area (Å²) in [5.74, 6) is -0.672. The highest BCUT2D eigenvalue weighted by Gasteiger charge is 2.25. The molecule has 1 aliphatic heterocycles. The van der Waals surface area contributed by atoms with Crippen molar-refractivity contribution < 1.29 is 14.7 Å². The summed E-state index contributed by atoms with van der Waals surface area (Å²) in [6.07, 6.45) is 3.04. The van der Waals surface area contributed by atoms with Crippen LogP contribution in [0.2, 0.25) is 0 Å². The van der Waals surface area contributed by atoms with Crippen molar-refractivity contribution in [3.63, 3.8) is 0 Å². The third-order valence-corrected chi connectivity index (χ3v) is 3.67. The smallest absolute Gasteiger partial charge is 0.303 e. The van der Waals surface area contributed by atoms with Gasteiger partial charge in [0.1, 0.15) is 0 Å². The summed E-state index contributed by atoms with van der Waals surface area (Å²) in [7, 11) is 0. The van der Waals surface area contributed by atoms with E-state index in [2.05, 4.69) is 4.90 Å². The maximum Gasteiger partial charge on any atom is 0.303 e. The second-order valence-corrected chi connectivity index (χ2v) is 5.02. The van der Waals surface area contributed by atoms with Crippen LogP contribution in [0.3, 0.4) is 0 Å². The first-order valence-electron chi connectivity index (χ1n) is 6.67. The van der Waals surface area contributed by atoms with Crippen molar-refractivity contribution in [3.05, 3.63) is 29.8 Å². The van der Waals surface area contributed by atoms with E-state index in [1.165, 1.54) is 0 Å². The SMILES string of the molecule is CC(=O)c1ccc(N2CCCC2CCC(=O)O)cc1. The molecule has 1 aromatic rings. The molecule has 1 N–H and O–H groups in total. The van der Waals surface area contributed by atoms with Gasteiger partial charge in [-0.15, -0.1) is 0 Å². The molecular weight excluding hydrogens is 242 g/mol. The molecule has 0 bridgehead atoms. The minimum atomic E-state index is -0.737. The molecule has 1 aromatic carbocycles. The first-order chi connectivity index (χ1) is 9.08. The van der Waals surface area contributed by atoms with Crippen LogP contribution in [-0.4, -0.2) is 29.4 Å². The van der Waals surface area contributed by atoms with E-state index in [-0.39, 0.29) is 12.2 Å². The Labute approximate surface area is 113 Å². The van der Waals surface area contributed by atoms with Gasteiger partial charge in [0.25, 0.3) is 0 Å². The summed E-state index contributed by atoms with van der Waals surface area (Å²) < 4.78 is 0. The highest BCUT2D eigenvalue weighted by atomic mass is 16.4. The highest BCUT2D eigenvalue weighted by molar-refractivity contribution is 5.94. The summed E-state index contributed by atoms with van der Waals surface area (Å²) in [4.78, 5) is 24.2. The Kier molecular flexibility index (Phi) is 4.20. The van der Waals surface area contributed by atoms with Crippen molar-refractivity contribution in [2.75, 3.05) is 11.4 Å². The van der Waals surface area contributed by atoms with Crippen molar-refractivity contribution in [2.24, 2.45) is 0 Å². The number of ketones is 1. The number of carboxylic acid groups (broad SMARTS) is 1. The molecule has 4 heteroatoms.